The predicted octanol–water partition coefficient (Wildman–Crippen LogP) is 4.11. The van der Waals surface area contributed by atoms with Gasteiger partial charge in [0.05, 0.1) is 12.2 Å². The molecular weight excluding hydrogens is 511 g/mol. The Balaban J connectivity index is 1.99. The lowest BCUT2D eigenvalue weighted by Crippen LogP contribution is -2.41. The minimum Gasteiger partial charge on any atom is -0.475 e. The molecule has 0 aliphatic carbocycles. The molecule has 0 spiro atoms. The Morgan fingerprint density at radius 2 is 2.00 bits per heavy atom. The van der Waals surface area contributed by atoms with Crippen LogP contribution in [0.1, 0.15) is 24.5 Å². The van der Waals surface area contributed by atoms with Crippen LogP contribution in [0.2, 0.25) is 0 Å². The third-order valence-corrected chi connectivity index (χ3v) is 4.47. The zero-order chi connectivity index (χ0) is 24.1. The van der Waals surface area contributed by atoms with E-state index in [1.807, 2.05) is 0 Å². The standard InChI is InChI=1S/C18H17BrF3NO9/c1-9-5-12(19)6-11-7-13(15(18(20,21)22)32-14(9)11)16(24)28-8-29-17(25)31-10(2)3-4-30-23(26)27/h5-7,10,15H,3-4,8H2,1-2H3/t10?,15-/m0/s1. The van der Waals surface area contributed by atoms with Gasteiger partial charge < -0.3 is 23.8 Å². The van der Waals surface area contributed by atoms with E-state index in [2.05, 4.69) is 30.2 Å². The van der Waals surface area contributed by atoms with E-state index in [0.29, 0.717) is 10.0 Å². The van der Waals surface area contributed by atoms with Crippen LogP contribution in [0.3, 0.4) is 0 Å². The first-order valence-corrected chi connectivity index (χ1v) is 9.70. The van der Waals surface area contributed by atoms with Gasteiger partial charge >= 0.3 is 18.3 Å². The molecule has 10 nitrogen and oxygen atoms in total. The van der Waals surface area contributed by atoms with Gasteiger partial charge in [0.25, 0.3) is 5.09 Å². The second kappa shape index (κ2) is 10.5. The van der Waals surface area contributed by atoms with E-state index in [1.165, 1.54) is 13.0 Å². The monoisotopic (exact) mass is 527 g/mol. The van der Waals surface area contributed by atoms with E-state index < -0.39 is 48.0 Å². The summed E-state index contributed by atoms with van der Waals surface area (Å²) in [5.74, 6) is -1.43. The molecule has 176 valence electrons. The summed E-state index contributed by atoms with van der Waals surface area (Å²) >= 11 is 3.22. The molecule has 0 amide bonds. The summed E-state index contributed by atoms with van der Waals surface area (Å²) in [6, 6.07) is 3.04. The first-order valence-electron chi connectivity index (χ1n) is 8.91. The first kappa shape index (κ1) is 25.2. The van der Waals surface area contributed by atoms with Crippen molar-refractivity contribution in [2.45, 2.75) is 38.7 Å². The Kier molecular flexibility index (Phi) is 8.30. The lowest BCUT2D eigenvalue weighted by molar-refractivity contribution is -0.758. The van der Waals surface area contributed by atoms with Crippen LogP contribution in [0.25, 0.3) is 6.08 Å². The second-order valence-electron chi connectivity index (χ2n) is 6.50. The molecule has 0 bridgehead atoms. The van der Waals surface area contributed by atoms with Crippen molar-refractivity contribution in [1.82, 2.24) is 0 Å². The highest BCUT2D eigenvalue weighted by Crippen LogP contribution is 2.40. The molecule has 1 heterocycles. The highest BCUT2D eigenvalue weighted by atomic mass is 79.9. The molecule has 0 saturated carbocycles. The maximum Gasteiger partial charge on any atom is 0.511 e. The number of alkyl halides is 3. The fraction of sp³-hybridized carbons (Fsp3) is 0.444. The number of fused-ring (bicyclic) bond motifs is 1. The second-order valence-corrected chi connectivity index (χ2v) is 7.41. The summed E-state index contributed by atoms with van der Waals surface area (Å²) in [5, 5.41) is 9.03. The number of halogens is 4. The molecule has 1 aliphatic rings. The molecule has 14 heteroatoms. The van der Waals surface area contributed by atoms with Gasteiger partial charge in [0.2, 0.25) is 12.9 Å². The summed E-state index contributed by atoms with van der Waals surface area (Å²) in [5.41, 5.74) is -0.170. The van der Waals surface area contributed by atoms with Crippen LogP contribution in [0.5, 0.6) is 5.75 Å². The average Bonchev–Trinajstić information content (AvgIpc) is 2.65. The van der Waals surface area contributed by atoms with Gasteiger partial charge in [0.1, 0.15) is 11.9 Å². The third-order valence-electron chi connectivity index (χ3n) is 4.02. The van der Waals surface area contributed by atoms with Crippen molar-refractivity contribution < 1.29 is 51.6 Å². The Labute approximate surface area is 187 Å². The van der Waals surface area contributed by atoms with E-state index >= 15 is 0 Å². The van der Waals surface area contributed by atoms with Gasteiger partial charge in [0, 0.05) is 16.5 Å². The largest absolute Gasteiger partial charge is 0.511 e. The number of carbonyl (C=O) groups excluding carboxylic acids is 2. The van der Waals surface area contributed by atoms with Crippen LogP contribution < -0.4 is 4.74 Å². The normalized spacial score (nSPS) is 16.1. The number of benzene rings is 1. The first-order chi connectivity index (χ1) is 14.9. The van der Waals surface area contributed by atoms with Crippen LogP contribution in [-0.4, -0.2) is 49.0 Å². The maximum atomic E-state index is 13.5. The molecule has 0 radical (unpaired) electrons. The maximum absolute atomic E-state index is 13.5. The number of nitrogens with zero attached hydrogens (tertiary/aromatic N) is 1. The number of ether oxygens (including phenoxy) is 4. The van der Waals surface area contributed by atoms with Gasteiger partial charge in [-0.3, -0.25) is 0 Å². The van der Waals surface area contributed by atoms with Crippen molar-refractivity contribution >= 4 is 34.1 Å². The topological polar surface area (TPSA) is 123 Å². The van der Waals surface area contributed by atoms with Crippen LogP contribution in [0, 0.1) is 17.0 Å². The van der Waals surface area contributed by atoms with E-state index in [-0.39, 0.29) is 24.3 Å². The molecule has 0 fully saturated rings. The average molecular weight is 528 g/mol. The molecule has 0 saturated heterocycles. The Morgan fingerprint density at radius 1 is 1.31 bits per heavy atom. The summed E-state index contributed by atoms with van der Waals surface area (Å²) in [6.45, 7) is 1.59. The third kappa shape index (κ3) is 7.00. The minimum absolute atomic E-state index is 0.0260. The predicted molar refractivity (Wildman–Crippen MR) is 103 cm³/mol. The number of hydrogen-bond acceptors (Lipinski definition) is 9. The minimum atomic E-state index is -4.91. The molecule has 2 atom stereocenters. The highest BCUT2D eigenvalue weighted by molar-refractivity contribution is 9.10. The van der Waals surface area contributed by atoms with E-state index in [4.69, 9.17) is 9.47 Å². The van der Waals surface area contributed by atoms with E-state index in [1.54, 1.807) is 13.0 Å². The number of esters is 1. The lowest BCUT2D eigenvalue weighted by atomic mass is 9.99. The Hall–Kier alpha value is -3.03. The molecule has 1 aromatic carbocycles. The number of carbonyl (C=O) groups is 2. The number of hydrogen-bond donors (Lipinski definition) is 0. The number of rotatable bonds is 8. The Bertz CT molecular complexity index is 920. The smallest absolute Gasteiger partial charge is 0.475 e. The van der Waals surface area contributed by atoms with Crippen molar-refractivity contribution in [3.8, 4) is 5.75 Å². The molecular formula is C18H17BrF3NO9. The SMILES string of the molecule is Cc1cc(Br)cc2c1O[C@H](C(F)(F)F)C(C(=O)OCOC(=O)OC(C)CCO[N+](=O)[O-])=C2. The quantitative estimate of drug-likeness (QED) is 0.212. The zero-order valence-corrected chi connectivity index (χ0v) is 18.2. The van der Waals surface area contributed by atoms with Gasteiger partial charge in [-0.25, -0.2) is 9.59 Å². The lowest BCUT2D eigenvalue weighted by Gasteiger charge is -2.28. The van der Waals surface area contributed by atoms with E-state index in [0.717, 1.165) is 6.08 Å². The summed E-state index contributed by atoms with van der Waals surface area (Å²) in [6.07, 6.45) is -8.65. The van der Waals surface area contributed by atoms with Crippen LogP contribution >= 0.6 is 15.9 Å². The molecule has 0 N–H and O–H groups in total. The van der Waals surface area contributed by atoms with Gasteiger partial charge in [-0.15, -0.1) is 10.1 Å². The fourth-order valence-electron chi connectivity index (χ4n) is 2.62. The fourth-order valence-corrected chi connectivity index (χ4v) is 3.21. The van der Waals surface area contributed by atoms with Gasteiger partial charge in [0.15, 0.2) is 0 Å². The van der Waals surface area contributed by atoms with Crippen molar-refractivity contribution in [3.05, 3.63) is 43.4 Å². The number of aryl methyl sites for hydroxylation is 1. The Morgan fingerprint density at radius 3 is 2.62 bits per heavy atom. The van der Waals surface area contributed by atoms with Crippen LogP contribution in [0.15, 0.2) is 22.2 Å². The molecule has 1 unspecified atom stereocenters. The zero-order valence-electron chi connectivity index (χ0n) is 16.6. The van der Waals surface area contributed by atoms with Crippen molar-refractivity contribution in [2.75, 3.05) is 13.4 Å². The highest BCUT2D eigenvalue weighted by Gasteiger charge is 2.49. The summed E-state index contributed by atoms with van der Waals surface area (Å²) in [7, 11) is 0. The van der Waals surface area contributed by atoms with Crippen LogP contribution in [-0.2, 0) is 23.8 Å². The van der Waals surface area contributed by atoms with E-state index in [9.17, 15) is 32.9 Å². The molecule has 32 heavy (non-hydrogen) atoms. The summed E-state index contributed by atoms with van der Waals surface area (Å²) < 4.78 is 59.8. The van der Waals surface area contributed by atoms with Gasteiger partial charge in [-0.2, -0.15) is 13.2 Å². The van der Waals surface area contributed by atoms with Gasteiger partial charge in [-0.05, 0) is 37.6 Å². The van der Waals surface area contributed by atoms with Crippen molar-refractivity contribution in [2.24, 2.45) is 0 Å². The van der Waals surface area contributed by atoms with Crippen LogP contribution in [0.4, 0.5) is 18.0 Å². The van der Waals surface area contributed by atoms with Gasteiger partial charge in [-0.1, -0.05) is 15.9 Å². The van der Waals surface area contributed by atoms with Crippen molar-refractivity contribution in [3.63, 3.8) is 0 Å². The molecule has 2 rings (SSSR count). The molecule has 1 aliphatic heterocycles. The molecule has 0 aromatic heterocycles. The van der Waals surface area contributed by atoms with Crippen molar-refractivity contribution in [1.29, 1.82) is 0 Å². The molecule has 1 aromatic rings. The summed E-state index contributed by atoms with van der Waals surface area (Å²) in [4.78, 5) is 37.9.